The highest BCUT2D eigenvalue weighted by molar-refractivity contribution is 5.84. The number of pyridine rings is 2. The highest BCUT2D eigenvalue weighted by atomic mass is 19.1. The highest BCUT2D eigenvalue weighted by Crippen LogP contribution is 2.39. The molecular weight excluding hydrogens is 571 g/mol. The van der Waals surface area contributed by atoms with Crippen LogP contribution in [0, 0.1) is 18.2 Å². The van der Waals surface area contributed by atoms with Crippen LogP contribution in [0.4, 0.5) is 15.8 Å². The van der Waals surface area contributed by atoms with Crippen molar-refractivity contribution in [3.05, 3.63) is 65.9 Å². The summed E-state index contributed by atoms with van der Waals surface area (Å²) in [6.07, 6.45) is 5.87. The van der Waals surface area contributed by atoms with Gasteiger partial charge in [0.1, 0.15) is 18.2 Å². The topological polar surface area (TPSA) is 88.0 Å². The van der Waals surface area contributed by atoms with Crippen LogP contribution in [-0.4, -0.2) is 66.0 Å². The molecular formula is C36H51FN4O4. The molecule has 45 heavy (non-hydrogen) atoms. The molecule has 4 rings (SSSR count). The number of benzene rings is 1. The second-order valence-electron chi connectivity index (χ2n) is 13.7. The van der Waals surface area contributed by atoms with Gasteiger partial charge < -0.3 is 24.4 Å². The van der Waals surface area contributed by atoms with Crippen molar-refractivity contribution in [1.29, 1.82) is 0 Å². The van der Waals surface area contributed by atoms with Crippen LogP contribution in [0.5, 0.6) is 5.75 Å². The molecule has 0 radical (unpaired) electrons. The molecule has 0 spiro atoms. The third-order valence-electron chi connectivity index (χ3n) is 7.46. The molecule has 1 fully saturated rings. The van der Waals surface area contributed by atoms with Crippen molar-refractivity contribution >= 4 is 17.3 Å². The molecule has 1 N–H and O–H groups in total. The minimum Gasteiger partial charge on any atom is -0.492 e. The number of aliphatic hydroxyl groups is 1. The fraction of sp³-hybridized carbons (Fsp3) is 0.528. The fourth-order valence-corrected chi connectivity index (χ4v) is 4.91. The molecule has 0 atom stereocenters. The van der Waals surface area contributed by atoms with Crippen LogP contribution < -0.4 is 14.5 Å². The maximum absolute atomic E-state index is 13.1. The summed E-state index contributed by atoms with van der Waals surface area (Å²) in [5, 5.41) is 8.52. The molecule has 0 aliphatic carbocycles. The first-order chi connectivity index (χ1) is 21.0. The lowest BCUT2D eigenvalue weighted by Gasteiger charge is -2.40. The molecule has 0 amide bonds. The number of likely N-dealkylation sites (N-methyl/N-ethyl adjacent to an activating group) is 1. The Labute approximate surface area is 268 Å². The van der Waals surface area contributed by atoms with Crippen molar-refractivity contribution in [1.82, 2.24) is 9.97 Å². The van der Waals surface area contributed by atoms with Gasteiger partial charge in [-0.25, -0.2) is 4.39 Å². The molecule has 0 bridgehead atoms. The number of carbonyl (C=O) groups excluding carboxylic acids is 1. The number of aromatic nitrogens is 2. The molecule has 1 aromatic carbocycles. The van der Waals surface area contributed by atoms with E-state index >= 15 is 0 Å². The van der Waals surface area contributed by atoms with E-state index in [1.54, 1.807) is 32.9 Å². The first-order valence-corrected chi connectivity index (χ1v) is 15.7. The van der Waals surface area contributed by atoms with Gasteiger partial charge in [0.05, 0.1) is 47.9 Å². The molecule has 246 valence electrons. The number of hydrogen-bond acceptors (Lipinski definition) is 8. The molecule has 9 heteroatoms. The number of nitrogens with zero attached hydrogens (tertiary/aromatic N) is 4. The third kappa shape index (κ3) is 11.6. The van der Waals surface area contributed by atoms with Crippen molar-refractivity contribution in [2.45, 2.75) is 86.4 Å². The summed E-state index contributed by atoms with van der Waals surface area (Å²) in [5.41, 5.74) is 5.25. The Morgan fingerprint density at radius 2 is 1.69 bits per heavy atom. The summed E-state index contributed by atoms with van der Waals surface area (Å²) < 4.78 is 24.4. The van der Waals surface area contributed by atoms with Crippen LogP contribution in [0.1, 0.15) is 72.6 Å². The molecule has 1 aliphatic heterocycles. The van der Waals surface area contributed by atoms with Gasteiger partial charge in [-0.1, -0.05) is 13.8 Å². The number of rotatable bonds is 10. The highest BCUT2D eigenvalue weighted by Gasteiger charge is 2.30. The molecule has 2 aromatic heterocycles. The zero-order valence-corrected chi connectivity index (χ0v) is 28.5. The van der Waals surface area contributed by atoms with E-state index < -0.39 is 5.60 Å². The van der Waals surface area contributed by atoms with E-state index in [9.17, 15) is 9.18 Å². The number of carbonyl (C=O) groups is 1. The van der Waals surface area contributed by atoms with Gasteiger partial charge in [0.25, 0.3) is 0 Å². The van der Waals surface area contributed by atoms with E-state index in [0.717, 1.165) is 59.8 Å². The van der Waals surface area contributed by atoms with Gasteiger partial charge in [0.15, 0.2) is 0 Å². The molecule has 0 unspecified atom stereocenters. The van der Waals surface area contributed by atoms with Crippen LogP contribution >= 0.6 is 0 Å². The largest absolute Gasteiger partial charge is 0.492 e. The van der Waals surface area contributed by atoms with E-state index in [4.69, 9.17) is 19.6 Å². The predicted octanol–water partition coefficient (Wildman–Crippen LogP) is 7.00. The van der Waals surface area contributed by atoms with E-state index in [0.29, 0.717) is 24.3 Å². The normalized spacial score (nSPS) is 14.4. The van der Waals surface area contributed by atoms with Crippen LogP contribution in [0.25, 0.3) is 11.3 Å². The minimum atomic E-state index is -0.500. The maximum atomic E-state index is 13.1. The lowest BCUT2D eigenvalue weighted by atomic mass is 9.82. The number of ether oxygens (including phenoxy) is 2. The maximum Gasteiger partial charge on any atom is 0.310 e. The zero-order chi connectivity index (χ0) is 33.4. The fourth-order valence-electron chi connectivity index (χ4n) is 4.91. The summed E-state index contributed by atoms with van der Waals surface area (Å²) in [5.74, 6) is 0.106. The van der Waals surface area contributed by atoms with E-state index in [2.05, 4.69) is 28.6 Å². The van der Waals surface area contributed by atoms with Crippen LogP contribution in [-0.2, 0) is 16.0 Å². The Morgan fingerprint density at radius 1 is 1.07 bits per heavy atom. The Hall–Kier alpha value is -3.72. The van der Waals surface area contributed by atoms with Gasteiger partial charge in [0.2, 0.25) is 0 Å². The Kier molecular flexibility index (Phi) is 12.3. The van der Waals surface area contributed by atoms with E-state index in [1.807, 2.05) is 52.3 Å². The summed E-state index contributed by atoms with van der Waals surface area (Å²) >= 11 is 0. The first kappa shape index (κ1) is 35.8. The predicted molar refractivity (Wildman–Crippen MR) is 180 cm³/mol. The number of halogens is 1. The average Bonchev–Trinajstić information content (AvgIpc) is 2.94. The van der Waals surface area contributed by atoms with E-state index in [-0.39, 0.29) is 24.3 Å². The zero-order valence-electron chi connectivity index (χ0n) is 28.5. The standard InChI is InChI=1S/C32H41FN4O3.C4H10O/c1-22(2)40-30(38)19-27-23(3)34-21-28(31(27)37-15-13-32(4,5)14-16-37)29-12-9-25(20-35-29)36(6)17-18-39-26-10-7-24(33)8-11-26;1-4(2,3)5/h7-12,20-22H,13-19H2,1-6H3;5H,1-3H3. The van der Waals surface area contributed by atoms with Gasteiger partial charge in [-0.05, 0) is 96.2 Å². The second-order valence-corrected chi connectivity index (χ2v) is 13.7. The van der Waals surface area contributed by atoms with Crippen molar-refractivity contribution in [3.8, 4) is 17.0 Å². The smallest absolute Gasteiger partial charge is 0.310 e. The number of hydrogen-bond donors (Lipinski definition) is 1. The van der Waals surface area contributed by atoms with E-state index in [1.165, 1.54) is 12.1 Å². The Bertz CT molecular complexity index is 1370. The van der Waals surface area contributed by atoms with Gasteiger partial charge in [-0.2, -0.15) is 0 Å². The van der Waals surface area contributed by atoms with Gasteiger partial charge in [-0.15, -0.1) is 0 Å². The van der Waals surface area contributed by atoms with Crippen molar-refractivity contribution in [2.75, 3.05) is 43.1 Å². The van der Waals surface area contributed by atoms with Crippen LogP contribution in [0.3, 0.4) is 0 Å². The lowest BCUT2D eigenvalue weighted by molar-refractivity contribution is -0.146. The Balaban J connectivity index is 0.00000102. The summed E-state index contributed by atoms with van der Waals surface area (Å²) in [6.45, 7) is 18.4. The Morgan fingerprint density at radius 3 is 2.24 bits per heavy atom. The lowest BCUT2D eigenvalue weighted by Crippen LogP contribution is -2.38. The van der Waals surface area contributed by atoms with Gasteiger partial charge >= 0.3 is 5.97 Å². The molecule has 1 saturated heterocycles. The molecule has 8 nitrogen and oxygen atoms in total. The first-order valence-electron chi connectivity index (χ1n) is 15.7. The van der Waals surface area contributed by atoms with Crippen molar-refractivity contribution in [2.24, 2.45) is 5.41 Å². The minimum absolute atomic E-state index is 0.171. The molecule has 1 aliphatic rings. The summed E-state index contributed by atoms with van der Waals surface area (Å²) in [6, 6.07) is 10.1. The number of aryl methyl sites for hydroxylation is 1. The quantitative estimate of drug-likeness (QED) is 0.242. The second kappa shape index (κ2) is 15.5. The van der Waals surface area contributed by atoms with Gasteiger partial charge in [0, 0.05) is 43.2 Å². The number of esters is 1. The van der Waals surface area contributed by atoms with Crippen molar-refractivity contribution in [3.63, 3.8) is 0 Å². The van der Waals surface area contributed by atoms with Crippen LogP contribution in [0.2, 0.25) is 0 Å². The summed E-state index contributed by atoms with van der Waals surface area (Å²) in [4.78, 5) is 26.7. The van der Waals surface area contributed by atoms with Crippen LogP contribution in [0.15, 0.2) is 48.8 Å². The molecule has 3 aromatic rings. The third-order valence-corrected chi connectivity index (χ3v) is 7.46. The summed E-state index contributed by atoms with van der Waals surface area (Å²) in [7, 11) is 1.98. The SMILES string of the molecule is CC(C)(C)O.Cc1ncc(-c2ccc(N(C)CCOc3ccc(F)cc3)cn2)c(N2CCC(C)(C)CC2)c1CC(=O)OC(C)C. The molecule has 0 saturated carbocycles. The average molecular weight is 623 g/mol. The molecule has 3 heterocycles. The number of piperidine rings is 1. The van der Waals surface area contributed by atoms with Crippen molar-refractivity contribution < 1.29 is 23.8 Å². The van der Waals surface area contributed by atoms with Gasteiger partial charge in [-0.3, -0.25) is 14.8 Å². The monoisotopic (exact) mass is 622 g/mol. The number of anilines is 2.